The molecule has 1 aromatic carbocycles. The average molecular weight is 371 g/mol. The number of aromatic nitrogens is 1. The average Bonchev–Trinajstić information content (AvgIpc) is 2.97. The van der Waals surface area contributed by atoms with Crippen LogP contribution in [0.3, 0.4) is 0 Å². The minimum Gasteiger partial charge on any atom is -0.317 e. The largest absolute Gasteiger partial charge is 0.317 e. The number of thioether (sulfide) groups is 1. The fourth-order valence-electron chi connectivity index (χ4n) is 3.35. The number of aryl methyl sites for hydroxylation is 3. The van der Waals surface area contributed by atoms with Crippen molar-refractivity contribution in [3.63, 3.8) is 0 Å². The van der Waals surface area contributed by atoms with E-state index < -0.39 is 0 Å². The van der Waals surface area contributed by atoms with E-state index in [0.29, 0.717) is 15.8 Å². The highest BCUT2D eigenvalue weighted by atomic mass is 32.2. The number of amides is 1. The molecule has 1 aliphatic heterocycles. The molecule has 1 aromatic heterocycles. The molecule has 3 nitrogen and oxygen atoms in total. The number of rotatable bonds is 3. The Labute approximate surface area is 158 Å². The second kappa shape index (κ2) is 6.81. The van der Waals surface area contributed by atoms with Gasteiger partial charge in [-0.25, -0.2) is 0 Å². The second-order valence-electron chi connectivity index (χ2n) is 6.33. The topological polar surface area (TPSA) is 25.2 Å². The van der Waals surface area contributed by atoms with Gasteiger partial charge < -0.3 is 4.57 Å². The predicted octanol–water partition coefficient (Wildman–Crippen LogP) is 4.93. The zero-order valence-electron chi connectivity index (χ0n) is 15.2. The zero-order valence-corrected chi connectivity index (χ0v) is 16.8. The Morgan fingerprint density at radius 1 is 1.16 bits per heavy atom. The fraction of sp³-hybridized carbons (Fsp3) is 0.300. The van der Waals surface area contributed by atoms with Crippen LogP contribution in [-0.4, -0.2) is 26.2 Å². The van der Waals surface area contributed by atoms with Crippen LogP contribution >= 0.6 is 24.0 Å². The van der Waals surface area contributed by atoms with Crippen molar-refractivity contribution in [3.8, 4) is 5.69 Å². The Hall–Kier alpha value is -1.85. The Morgan fingerprint density at radius 2 is 1.80 bits per heavy atom. The summed E-state index contributed by atoms with van der Waals surface area (Å²) in [6, 6.07) is 8.49. The number of carbonyl (C=O) groups excluding carboxylic acids is 1. The van der Waals surface area contributed by atoms with Crippen molar-refractivity contribution in [2.75, 3.05) is 6.54 Å². The normalized spacial score (nSPS) is 16.4. The van der Waals surface area contributed by atoms with E-state index in [1.54, 1.807) is 4.90 Å². The summed E-state index contributed by atoms with van der Waals surface area (Å²) in [7, 11) is 0. The maximum Gasteiger partial charge on any atom is 0.266 e. The maximum absolute atomic E-state index is 12.5. The van der Waals surface area contributed by atoms with Gasteiger partial charge in [-0.15, -0.1) is 0 Å². The first-order chi connectivity index (χ1) is 11.8. The molecule has 0 unspecified atom stereocenters. The summed E-state index contributed by atoms with van der Waals surface area (Å²) in [5.41, 5.74) is 7.06. The van der Waals surface area contributed by atoms with Crippen molar-refractivity contribution in [1.82, 2.24) is 9.47 Å². The van der Waals surface area contributed by atoms with Crippen LogP contribution in [0.2, 0.25) is 0 Å². The third kappa shape index (κ3) is 3.07. The van der Waals surface area contributed by atoms with E-state index in [9.17, 15) is 4.79 Å². The quantitative estimate of drug-likeness (QED) is 0.566. The SMILES string of the molecule is CCN1C(=O)C(=Cc2cc(C)n(-c3c(C)cccc3C)c2C)SC1=S. The highest BCUT2D eigenvalue weighted by molar-refractivity contribution is 8.26. The smallest absolute Gasteiger partial charge is 0.266 e. The number of carbonyl (C=O) groups is 1. The number of benzene rings is 1. The Kier molecular flexibility index (Phi) is 4.89. The van der Waals surface area contributed by atoms with E-state index in [0.717, 1.165) is 17.0 Å². The molecule has 5 heteroatoms. The molecular weight excluding hydrogens is 348 g/mol. The van der Waals surface area contributed by atoms with Crippen LogP contribution in [-0.2, 0) is 4.79 Å². The molecule has 0 radical (unpaired) electrons. The minimum absolute atomic E-state index is 0.00868. The van der Waals surface area contributed by atoms with Gasteiger partial charge in [0.2, 0.25) is 0 Å². The van der Waals surface area contributed by atoms with Gasteiger partial charge in [0.1, 0.15) is 4.32 Å². The van der Waals surface area contributed by atoms with Gasteiger partial charge in [-0.05, 0) is 63.5 Å². The van der Waals surface area contributed by atoms with Crippen molar-refractivity contribution in [3.05, 3.63) is 57.2 Å². The van der Waals surface area contributed by atoms with E-state index in [1.807, 2.05) is 13.0 Å². The molecular formula is C20H22N2OS2. The van der Waals surface area contributed by atoms with Crippen molar-refractivity contribution < 1.29 is 4.79 Å². The lowest BCUT2D eigenvalue weighted by Gasteiger charge is -2.15. The molecule has 2 aromatic rings. The molecule has 0 spiro atoms. The predicted molar refractivity (Wildman–Crippen MR) is 110 cm³/mol. The van der Waals surface area contributed by atoms with Crippen molar-refractivity contribution in [2.24, 2.45) is 0 Å². The summed E-state index contributed by atoms with van der Waals surface area (Å²) in [4.78, 5) is 14.8. The standard InChI is InChI=1S/C20H22N2OS2/c1-6-21-19(23)17(25-20(21)24)11-16-10-14(4)22(15(16)5)18-12(2)8-7-9-13(18)3/h7-11H,6H2,1-5H3. The minimum atomic E-state index is 0.00868. The molecule has 3 rings (SSSR count). The third-order valence-electron chi connectivity index (χ3n) is 4.61. The van der Waals surface area contributed by atoms with Gasteiger partial charge in [0.05, 0.1) is 10.6 Å². The zero-order chi connectivity index (χ0) is 18.3. The van der Waals surface area contributed by atoms with E-state index >= 15 is 0 Å². The number of nitrogens with zero attached hydrogens (tertiary/aromatic N) is 2. The van der Waals surface area contributed by atoms with Crippen molar-refractivity contribution >= 4 is 40.3 Å². The summed E-state index contributed by atoms with van der Waals surface area (Å²) in [5, 5.41) is 0. The summed E-state index contributed by atoms with van der Waals surface area (Å²) in [6.45, 7) is 11.0. The monoisotopic (exact) mass is 370 g/mol. The highest BCUT2D eigenvalue weighted by Crippen LogP contribution is 2.34. The van der Waals surface area contributed by atoms with Gasteiger partial charge in [-0.1, -0.05) is 42.2 Å². The van der Waals surface area contributed by atoms with E-state index in [4.69, 9.17) is 12.2 Å². The second-order valence-corrected chi connectivity index (χ2v) is 8.00. The Bertz CT molecular complexity index is 888. The Morgan fingerprint density at radius 3 is 2.36 bits per heavy atom. The molecule has 1 aliphatic rings. The molecule has 0 saturated carbocycles. The number of hydrogen-bond donors (Lipinski definition) is 0. The lowest BCUT2D eigenvalue weighted by Crippen LogP contribution is -2.27. The number of para-hydroxylation sites is 1. The number of thiocarbonyl (C=S) groups is 1. The molecule has 0 N–H and O–H groups in total. The van der Waals surface area contributed by atoms with Crippen LogP contribution < -0.4 is 0 Å². The Balaban J connectivity index is 2.09. The first-order valence-corrected chi connectivity index (χ1v) is 9.58. The van der Waals surface area contributed by atoms with Crippen molar-refractivity contribution in [1.29, 1.82) is 0 Å². The summed E-state index contributed by atoms with van der Waals surface area (Å²) >= 11 is 6.69. The van der Waals surface area contributed by atoms with Crippen LogP contribution in [0.4, 0.5) is 0 Å². The third-order valence-corrected chi connectivity index (χ3v) is 5.99. The summed E-state index contributed by atoms with van der Waals surface area (Å²) in [5.74, 6) is 0.00868. The molecule has 0 atom stereocenters. The first kappa shape index (κ1) is 18.0. The first-order valence-electron chi connectivity index (χ1n) is 8.36. The van der Waals surface area contributed by atoms with Gasteiger partial charge in [0.15, 0.2) is 0 Å². The number of likely N-dealkylation sites (N-methyl/N-ethyl adjacent to an activating group) is 1. The molecule has 2 heterocycles. The van der Waals surface area contributed by atoms with Crippen LogP contribution in [0.1, 0.15) is 35.0 Å². The number of hydrogen-bond acceptors (Lipinski definition) is 3. The molecule has 25 heavy (non-hydrogen) atoms. The van der Waals surface area contributed by atoms with Crippen LogP contribution in [0.15, 0.2) is 29.2 Å². The molecule has 0 aliphatic carbocycles. The molecule has 0 bridgehead atoms. The van der Waals surface area contributed by atoms with Gasteiger partial charge >= 0.3 is 0 Å². The molecule has 1 amide bonds. The fourth-order valence-corrected chi connectivity index (χ4v) is 4.73. The maximum atomic E-state index is 12.5. The van der Waals surface area contributed by atoms with E-state index in [2.05, 4.69) is 56.5 Å². The lowest BCUT2D eigenvalue weighted by molar-refractivity contribution is -0.121. The van der Waals surface area contributed by atoms with E-state index in [-0.39, 0.29) is 5.91 Å². The van der Waals surface area contributed by atoms with Crippen LogP contribution in [0.25, 0.3) is 11.8 Å². The molecule has 130 valence electrons. The lowest BCUT2D eigenvalue weighted by atomic mass is 10.1. The van der Waals surface area contributed by atoms with Crippen LogP contribution in [0.5, 0.6) is 0 Å². The summed E-state index contributed by atoms with van der Waals surface area (Å²) in [6.07, 6.45) is 1.97. The van der Waals surface area contributed by atoms with Crippen molar-refractivity contribution in [2.45, 2.75) is 34.6 Å². The van der Waals surface area contributed by atoms with Gasteiger partial charge in [0, 0.05) is 17.9 Å². The molecule has 1 saturated heterocycles. The van der Waals surface area contributed by atoms with Gasteiger partial charge in [-0.2, -0.15) is 0 Å². The van der Waals surface area contributed by atoms with Crippen LogP contribution in [0, 0.1) is 27.7 Å². The summed E-state index contributed by atoms with van der Waals surface area (Å²) < 4.78 is 2.92. The highest BCUT2D eigenvalue weighted by Gasteiger charge is 2.31. The van der Waals surface area contributed by atoms with E-state index in [1.165, 1.54) is 28.6 Å². The van der Waals surface area contributed by atoms with Gasteiger partial charge in [0.25, 0.3) is 5.91 Å². The molecule has 1 fully saturated rings. The van der Waals surface area contributed by atoms with Gasteiger partial charge in [-0.3, -0.25) is 9.69 Å².